The van der Waals surface area contributed by atoms with Crippen molar-refractivity contribution in [1.29, 1.82) is 0 Å². The van der Waals surface area contributed by atoms with Crippen molar-refractivity contribution in [2.24, 2.45) is 0 Å². The smallest absolute Gasteiger partial charge is 0.337 e. The second-order valence-corrected chi connectivity index (χ2v) is 5.29. The minimum atomic E-state index is -1.01. The average Bonchev–Trinajstić information content (AvgIpc) is 3.19. The van der Waals surface area contributed by atoms with Gasteiger partial charge in [-0.1, -0.05) is 13.0 Å². The van der Waals surface area contributed by atoms with Crippen LogP contribution in [0.3, 0.4) is 0 Å². The molecule has 1 heterocycles. The molecular formula is C15H17N3O3. The van der Waals surface area contributed by atoms with E-state index in [0.717, 1.165) is 18.7 Å². The molecule has 6 heteroatoms. The van der Waals surface area contributed by atoms with Crippen LogP contribution in [0.5, 0.6) is 0 Å². The number of nitrogens with one attached hydrogen (secondary N) is 1. The van der Waals surface area contributed by atoms with E-state index >= 15 is 0 Å². The van der Waals surface area contributed by atoms with Gasteiger partial charge in [0.15, 0.2) is 0 Å². The van der Waals surface area contributed by atoms with Crippen LogP contribution in [0.2, 0.25) is 0 Å². The highest BCUT2D eigenvalue weighted by Crippen LogP contribution is 2.22. The fourth-order valence-corrected chi connectivity index (χ4v) is 2.49. The van der Waals surface area contributed by atoms with Gasteiger partial charge in [0.1, 0.15) is 12.4 Å². The van der Waals surface area contributed by atoms with Crippen LogP contribution >= 0.6 is 0 Å². The first-order valence-electron chi connectivity index (χ1n) is 7.11. The maximum absolute atomic E-state index is 12.0. The van der Waals surface area contributed by atoms with Gasteiger partial charge in [0.2, 0.25) is 5.91 Å². The van der Waals surface area contributed by atoms with Crippen molar-refractivity contribution in [3.05, 3.63) is 29.6 Å². The fourth-order valence-electron chi connectivity index (χ4n) is 2.49. The summed E-state index contributed by atoms with van der Waals surface area (Å²) >= 11 is 0. The lowest BCUT2D eigenvalue weighted by Gasteiger charge is -2.09. The molecule has 3 rings (SSSR count). The molecule has 1 aromatic carbocycles. The zero-order valence-corrected chi connectivity index (χ0v) is 11.8. The summed E-state index contributed by atoms with van der Waals surface area (Å²) in [7, 11) is 0. The van der Waals surface area contributed by atoms with Gasteiger partial charge in [0.05, 0.1) is 16.6 Å². The van der Waals surface area contributed by atoms with Crippen LogP contribution in [-0.2, 0) is 17.8 Å². The van der Waals surface area contributed by atoms with E-state index in [0.29, 0.717) is 17.5 Å². The predicted octanol–water partition coefficient (Wildman–Crippen LogP) is 1.58. The number of aromatic nitrogens is 2. The van der Waals surface area contributed by atoms with E-state index in [4.69, 9.17) is 0 Å². The topological polar surface area (TPSA) is 84.2 Å². The van der Waals surface area contributed by atoms with E-state index in [9.17, 15) is 14.7 Å². The van der Waals surface area contributed by atoms with E-state index in [1.54, 1.807) is 22.8 Å². The Balaban J connectivity index is 2.04. The normalized spacial score (nSPS) is 14.3. The summed E-state index contributed by atoms with van der Waals surface area (Å²) in [4.78, 5) is 27.9. The number of nitrogens with zero attached hydrogens (tertiary/aromatic N) is 2. The molecule has 1 aromatic heterocycles. The molecule has 0 spiro atoms. The number of aryl methyl sites for hydroxylation is 1. The van der Waals surface area contributed by atoms with Gasteiger partial charge in [-0.2, -0.15) is 0 Å². The lowest BCUT2D eigenvalue weighted by molar-refractivity contribution is -0.121. The van der Waals surface area contributed by atoms with Crippen LogP contribution in [0.4, 0.5) is 0 Å². The van der Waals surface area contributed by atoms with Crippen molar-refractivity contribution in [3.63, 3.8) is 0 Å². The molecule has 1 aliphatic rings. The highest BCUT2D eigenvalue weighted by Gasteiger charge is 2.24. The van der Waals surface area contributed by atoms with Crippen molar-refractivity contribution >= 4 is 22.9 Å². The van der Waals surface area contributed by atoms with Gasteiger partial charge in [-0.3, -0.25) is 4.79 Å². The first kappa shape index (κ1) is 13.6. The number of fused-ring (bicyclic) bond motifs is 1. The lowest BCUT2D eigenvalue weighted by atomic mass is 10.2. The minimum absolute atomic E-state index is 0.0910. The standard InChI is InChI=1S/C15H17N3O3/c1-2-12-17-11-5-3-4-10(15(20)21)14(11)18(12)8-13(19)16-9-6-7-9/h3-5,9H,2,6-8H2,1H3,(H,16,19)(H,20,21). The minimum Gasteiger partial charge on any atom is -0.478 e. The molecule has 0 unspecified atom stereocenters. The van der Waals surface area contributed by atoms with Crippen LogP contribution in [0, 0.1) is 0 Å². The summed E-state index contributed by atoms with van der Waals surface area (Å²) in [6, 6.07) is 5.28. The summed E-state index contributed by atoms with van der Waals surface area (Å²) in [6.45, 7) is 2.05. The number of hydrogen-bond donors (Lipinski definition) is 2. The highest BCUT2D eigenvalue weighted by molar-refractivity contribution is 6.01. The monoisotopic (exact) mass is 287 g/mol. The molecule has 0 bridgehead atoms. The lowest BCUT2D eigenvalue weighted by Crippen LogP contribution is -2.30. The van der Waals surface area contributed by atoms with Gasteiger partial charge in [0.25, 0.3) is 0 Å². The Morgan fingerprint density at radius 3 is 2.81 bits per heavy atom. The molecule has 0 saturated heterocycles. The summed E-state index contributed by atoms with van der Waals surface area (Å²) in [6.07, 6.45) is 2.69. The quantitative estimate of drug-likeness (QED) is 0.874. The Bertz CT molecular complexity index is 716. The molecular weight excluding hydrogens is 270 g/mol. The zero-order valence-electron chi connectivity index (χ0n) is 11.8. The molecule has 0 aliphatic heterocycles. The van der Waals surface area contributed by atoms with Crippen molar-refractivity contribution in [3.8, 4) is 0 Å². The largest absolute Gasteiger partial charge is 0.478 e. The number of carboxylic acids is 1. The summed E-state index contributed by atoms with van der Waals surface area (Å²) < 4.78 is 1.72. The second-order valence-electron chi connectivity index (χ2n) is 5.29. The zero-order chi connectivity index (χ0) is 15.0. The van der Waals surface area contributed by atoms with Crippen molar-refractivity contribution in [1.82, 2.24) is 14.9 Å². The van der Waals surface area contributed by atoms with Gasteiger partial charge in [-0.05, 0) is 25.0 Å². The van der Waals surface area contributed by atoms with Crippen LogP contribution in [-0.4, -0.2) is 32.6 Å². The second kappa shape index (κ2) is 5.20. The molecule has 2 aromatic rings. The van der Waals surface area contributed by atoms with Gasteiger partial charge >= 0.3 is 5.97 Å². The molecule has 1 fully saturated rings. The third kappa shape index (κ3) is 2.61. The number of imidazole rings is 1. The third-order valence-electron chi connectivity index (χ3n) is 3.64. The van der Waals surface area contributed by atoms with Gasteiger partial charge in [-0.15, -0.1) is 0 Å². The average molecular weight is 287 g/mol. The Morgan fingerprint density at radius 1 is 1.43 bits per heavy atom. The maximum Gasteiger partial charge on any atom is 0.337 e. The molecule has 1 amide bonds. The van der Waals surface area contributed by atoms with Crippen molar-refractivity contribution in [2.75, 3.05) is 0 Å². The number of para-hydroxylation sites is 1. The number of carbonyl (C=O) groups excluding carboxylic acids is 1. The summed E-state index contributed by atoms with van der Waals surface area (Å²) in [5.41, 5.74) is 1.32. The van der Waals surface area contributed by atoms with Crippen LogP contribution in [0.1, 0.15) is 35.9 Å². The number of hydrogen-bond acceptors (Lipinski definition) is 3. The van der Waals surface area contributed by atoms with E-state index < -0.39 is 5.97 Å². The van der Waals surface area contributed by atoms with Gasteiger partial charge in [-0.25, -0.2) is 9.78 Å². The van der Waals surface area contributed by atoms with Crippen molar-refractivity contribution in [2.45, 2.75) is 38.8 Å². The number of carbonyl (C=O) groups is 2. The molecule has 6 nitrogen and oxygen atoms in total. The summed E-state index contributed by atoms with van der Waals surface area (Å²) in [5, 5.41) is 12.3. The molecule has 110 valence electrons. The van der Waals surface area contributed by atoms with E-state index in [-0.39, 0.29) is 24.1 Å². The molecule has 1 saturated carbocycles. The number of aromatic carboxylic acids is 1. The van der Waals surface area contributed by atoms with Crippen LogP contribution in [0.25, 0.3) is 11.0 Å². The molecule has 0 radical (unpaired) electrons. The SMILES string of the molecule is CCc1nc2cccc(C(=O)O)c2n1CC(=O)NC1CC1. The summed E-state index contributed by atoms with van der Waals surface area (Å²) in [5.74, 6) is -0.372. The highest BCUT2D eigenvalue weighted by atomic mass is 16.4. The Hall–Kier alpha value is -2.37. The fraction of sp³-hybridized carbons (Fsp3) is 0.400. The van der Waals surface area contributed by atoms with E-state index in [1.165, 1.54) is 0 Å². The third-order valence-corrected chi connectivity index (χ3v) is 3.64. The van der Waals surface area contributed by atoms with Gasteiger partial charge in [0, 0.05) is 12.5 Å². The van der Waals surface area contributed by atoms with E-state index in [2.05, 4.69) is 10.3 Å². The van der Waals surface area contributed by atoms with Crippen LogP contribution in [0.15, 0.2) is 18.2 Å². The van der Waals surface area contributed by atoms with Crippen LogP contribution < -0.4 is 5.32 Å². The molecule has 0 atom stereocenters. The Kier molecular flexibility index (Phi) is 3.37. The van der Waals surface area contributed by atoms with Crippen molar-refractivity contribution < 1.29 is 14.7 Å². The number of rotatable bonds is 5. The number of benzene rings is 1. The molecule has 21 heavy (non-hydrogen) atoms. The van der Waals surface area contributed by atoms with E-state index in [1.807, 2.05) is 6.92 Å². The Morgan fingerprint density at radius 2 is 2.19 bits per heavy atom. The first-order valence-corrected chi connectivity index (χ1v) is 7.11. The first-order chi connectivity index (χ1) is 10.1. The maximum atomic E-state index is 12.0. The number of amides is 1. The van der Waals surface area contributed by atoms with Gasteiger partial charge < -0.3 is 15.0 Å². The number of carboxylic acid groups (broad SMARTS) is 1. The predicted molar refractivity (Wildman–Crippen MR) is 77.2 cm³/mol. The Labute approximate surface area is 121 Å². The molecule has 1 aliphatic carbocycles. The molecule has 2 N–H and O–H groups in total.